The number of aromatic nitrogens is 2. The van der Waals surface area contributed by atoms with Crippen molar-refractivity contribution < 1.29 is 5.41 Å². The molecule has 0 aliphatic carbocycles. The molecule has 1 aliphatic heterocycles. The molecule has 0 bridgehead atoms. The van der Waals surface area contributed by atoms with Gasteiger partial charge in [-0.05, 0) is 4.99 Å². The van der Waals surface area contributed by atoms with Crippen LogP contribution in [0.3, 0.4) is 0 Å². The molecule has 0 amide bonds. The fraction of sp³-hybridized carbons (Fsp3) is 0.286. The Morgan fingerprint density at radius 1 is 1.13 bits per heavy atom. The largest absolute Gasteiger partial charge is 0.426 e. The van der Waals surface area contributed by atoms with E-state index in [-0.39, 0.29) is 29.2 Å². The van der Waals surface area contributed by atoms with E-state index in [4.69, 9.17) is 5.41 Å². The number of guanidine groups is 1. The van der Waals surface area contributed by atoms with Gasteiger partial charge < -0.3 is 0 Å². The van der Waals surface area contributed by atoms with E-state index in [1.165, 1.54) is 18.7 Å². The molecule has 1 aromatic rings. The summed E-state index contributed by atoms with van der Waals surface area (Å²) in [5.41, 5.74) is -0.703. The Kier molecular flexibility index (Phi) is 2.59. The summed E-state index contributed by atoms with van der Waals surface area (Å²) >= 11 is 0. The van der Waals surface area contributed by atoms with Gasteiger partial charge in [-0.15, -0.1) is 12.4 Å². The SMILES string of the molecule is Cl.Cn1c(=O)c2c(n(C)c1=O)=NC(=[NH2+])N=2. The molecule has 15 heavy (non-hydrogen) atoms. The van der Waals surface area contributed by atoms with E-state index >= 15 is 0 Å². The van der Waals surface area contributed by atoms with Crippen molar-refractivity contribution in [2.75, 3.05) is 0 Å². The van der Waals surface area contributed by atoms with Crippen LogP contribution in [0, 0.1) is 0 Å². The molecule has 80 valence electrons. The number of rotatable bonds is 0. The molecule has 8 heteroatoms. The number of fused-ring (bicyclic) bond motifs is 1. The van der Waals surface area contributed by atoms with Crippen LogP contribution in [0.15, 0.2) is 19.6 Å². The van der Waals surface area contributed by atoms with Crippen LogP contribution in [0.1, 0.15) is 0 Å². The van der Waals surface area contributed by atoms with Crippen LogP contribution >= 0.6 is 12.4 Å². The first-order valence-electron chi connectivity index (χ1n) is 3.88. The minimum absolute atomic E-state index is 0. The van der Waals surface area contributed by atoms with Gasteiger partial charge in [-0.3, -0.25) is 19.3 Å². The third-order valence-electron chi connectivity index (χ3n) is 2.06. The van der Waals surface area contributed by atoms with E-state index in [2.05, 4.69) is 9.98 Å². The van der Waals surface area contributed by atoms with Crippen molar-refractivity contribution >= 4 is 18.4 Å². The first-order valence-corrected chi connectivity index (χ1v) is 3.88. The van der Waals surface area contributed by atoms with Crippen LogP contribution in [-0.2, 0) is 14.1 Å². The van der Waals surface area contributed by atoms with Crippen molar-refractivity contribution in [1.29, 1.82) is 0 Å². The van der Waals surface area contributed by atoms with E-state index in [0.717, 1.165) is 4.57 Å². The highest BCUT2D eigenvalue weighted by Crippen LogP contribution is 1.72. The molecule has 7 nitrogen and oxygen atoms in total. The molecule has 0 unspecified atom stereocenters. The third-order valence-corrected chi connectivity index (χ3v) is 2.06. The second-order valence-corrected chi connectivity index (χ2v) is 2.96. The Labute approximate surface area is 89.3 Å². The maximum Gasteiger partial charge on any atom is 0.426 e. The summed E-state index contributed by atoms with van der Waals surface area (Å²) in [5.74, 6) is -0.00157. The van der Waals surface area contributed by atoms with Gasteiger partial charge in [-0.2, -0.15) is 0 Å². The van der Waals surface area contributed by atoms with Crippen molar-refractivity contribution in [3.63, 3.8) is 0 Å². The third kappa shape index (κ3) is 1.40. The molecule has 0 saturated heterocycles. The Balaban J connectivity index is 0.00000112. The van der Waals surface area contributed by atoms with Gasteiger partial charge in [-0.1, -0.05) is 4.99 Å². The zero-order valence-electron chi connectivity index (χ0n) is 8.09. The molecule has 2 heterocycles. The molecule has 2 rings (SSSR count). The maximum absolute atomic E-state index is 11.5. The van der Waals surface area contributed by atoms with Gasteiger partial charge in [0.25, 0.3) is 10.8 Å². The average molecular weight is 231 g/mol. The minimum Gasteiger partial charge on any atom is -0.284 e. The molecular weight excluding hydrogens is 222 g/mol. The van der Waals surface area contributed by atoms with Crippen LogP contribution in [0.5, 0.6) is 0 Å². The minimum atomic E-state index is -0.479. The average Bonchev–Trinajstić information content (AvgIpc) is 2.54. The summed E-state index contributed by atoms with van der Waals surface area (Å²) in [6, 6.07) is 0. The van der Waals surface area contributed by atoms with Gasteiger partial charge in [0.1, 0.15) is 0 Å². The second kappa shape index (κ2) is 3.43. The second-order valence-electron chi connectivity index (χ2n) is 2.96. The van der Waals surface area contributed by atoms with Gasteiger partial charge >= 0.3 is 17.2 Å². The molecule has 0 aromatic carbocycles. The normalized spacial score (nSPS) is 12.5. The molecule has 1 aromatic heterocycles. The molecule has 0 spiro atoms. The van der Waals surface area contributed by atoms with Crippen molar-refractivity contribution in [2.45, 2.75) is 0 Å². The molecule has 0 fully saturated rings. The number of nitrogens with two attached hydrogens (primary N) is 1. The van der Waals surface area contributed by atoms with Crippen molar-refractivity contribution in [3.8, 4) is 0 Å². The molecule has 0 radical (unpaired) electrons. The van der Waals surface area contributed by atoms with Crippen LogP contribution in [0.4, 0.5) is 0 Å². The maximum atomic E-state index is 11.5. The predicted molar refractivity (Wildman–Crippen MR) is 53.4 cm³/mol. The highest BCUT2D eigenvalue weighted by molar-refractivity contribution is 5.85. The van der Waals surface area contributed by atoms with Gasteiger partial charge in [0.2, 0.25) is 0 Å². The fourth-order valence-electron chi connectivity index (χ4n) is 1.29. The van der Waals surface area contributed by atoms with Crippen molar-refractivity contribution in [1.82, 2.24) is 9.13 Å². The summed E-state index contributed by atoms with van der Waals surface area (Å²) in [4.78, 5) is 30.5. The predicted octanol–water partition coefficient (Wildman–Crippen LogP) is -4.13. The lowest BCUT2D eigenvalue weighted by Gasteiger charge is -1.96. The fourth-order valence-corrected chi connectivity index (χ4v) is 1.29. The highest BCUT2D eigenvalue weighted by Gasteiger charge is 2.19. The van der Waals surface area contributed by atoms with Gasteiger partial charge in [-0.25, -0.2) is 4.79 Å². The Morgan fingerprint density at radius 2 is 1.73 bits per heavy atom. The van der Waals surface area contributed by atoms with Gasteiger partial charge in [0, 0.05) is 14.1 Å². The monoisotopic (exact) mass is 230 g/mol. The molecule has 1 aliphatic rings. The van der Waals surface area contributed by atoms with Crippen LogP contribution in [0.25, 0.3) is 0 Å². The summed E-state index contributed by atoms with van der Waals surface area (Å²) in [7, 11) is 2.90. The van der Waals surface area contributed by atoms with Crippen LogP contribution in [-0.4, -0.2) is 15.1 Å². The number of nitrogens with zero attached hydrogens (tertiary/aromatic N) is 4. The standard InChI is InChI=1S/C7H7N5O2.ClH/c1-11-4-3(9-6(8)10-4)5(13)12(2)7(11)14;/h8H,1-2H3;1H/p+1. The Morgan fingerprint density at radius 3 is 2.33 bits per heavy atom. The van der Waals surface area contributed by atoms with Gasteiger partial charge in [0.05, 0.1) is 0 Å². The van der Waals surface area contributed by atoms with E-state index < -0.39 is 11.2 Å². The summed E-state index contributed by atoms with van der Waals surface area (Å²) in [5, 5.41) is 5.46. The van der Waals surface area contributed by atoms with Crippen molar-refractivity contribution in [2.24, 2.45) is 24.1 Å². The van der Waals surface area contributed by atoms with Gasteiger partial charge in [0.15, 0.2) is 0 Å². The van der Waals surface area contributed by atoms with E-state index in [9.17, 15) is 9.59 Å². The summed E-state index contributed by atoms with van der Waals surface area (Å²) < 4.78 is 2.20. The molecule has 2 N–H and O–H groups in total. The first kappa shape index (κ1) is 11.3. The molecule has 0 saturated carbocycles. The number of hydrogen-bond acceptors (Lipinski definition) is 2. The lowest BCUT2D eigenvalue weighted by Crippen LogP contribution is -2.55. The lowest BCUT2D eigenvalue weighted by molar-refractivity contribution is -0.116. The quantitative estimate of drug-likeness (QED) is 0.490. The molecule has 0 atom stereocenters. The summed E-state index contributed by atoms with van der Waals surface area (Å²) in [6.07, 6.45) is 0. The smallest absolute Gasteiger partial charge is 0.284 e. The zero-order chi connectivity index (χ0) is 10.5. The Hall–Kier alpha value is -1.76. The van der Waals surface area contributed by atoms with Crippen LogP contribution < -0.4 is 27.5 Å². The van der Waals surface area contributed by atoms with E-state index in [0.29, 0.717) is 0 Å². The van der Waals surface area contributed by atoms with Crippen LogP contribution in [0.2, 0.25) is 0 Å². The van der Waals surface area contributed by atoms with E-state index in [1.54, 1.807) is 0 Å². The highest BCUT2D eigenvalue weighted by atomic mass is 35.5. The first-order chi connectivity index (χ1) is 6.52. The number of hydrogen-bond donors (Lipinski definition) is 1. The topological polar surface area (TPSA) is 94.3 Å². The lowest BCUT2D eigenvalue weighted by atomic mass is 10.5. The molecular formula is C7H9ClN5O2+. The van der Waals surface area contributed by atoms with Crippen molar-refractivity contribution in [3.05, 3.63) is 31.7 Å². The Bertz CT molecular complexity index is 668. The van der Waals surface area contributed by atoms with E-state index in [1.807, 2.05) is 0 Å². The zero-order valence-corrected chi connectivity index (χ0v) is 8.91. The summed E-state index contributed by atoms with van der Waals surface area (Å²) in [6.45, 7) is 0. The number of halogens is 1.